The van der Waals surface area contributed by atoms with Crippen molar-refractivity contribution in [2.24, 2.45) is 11.7 Å². The number of hydrogen-bond donors (Lipinski definition) is 2. The van der Waals surface area contributed by atoms with E-state index >= 15 is 0 Å². The molecule has 0 spiro atoms. The Kier molecular flexibility index (Phi) is 3.22. The zero-order valence-electron chi connectivity index (χ0n) is 9.98. The van der Waals surface area contributed by atoms with Crippen molar-refractivity contribution in [1.82, 2.24) is 4.90 Å². The summed E-state index contributed by atoms with van der Waals surface area (Å²) >= 11 is 0. The van der Waals surface area contributed by atoms with Gasteiger partial charge >= 0.3 is 5.97 Å². The molecule has 3 atom stereocenters. The fourth-order valence-electron chi connectivity index (χ4n) is 3.10. The van der Waals surface area contributed by atoms with E-state index in [1.54, 1.807) is 0 Å². The molecule has 4 nitrogen and oxygen atoms in total. The Hall–Kier alpha value is -0.610. The predicted molar refractivity (Wildman–Crippen MR) is 62.2 cm³/mol. The average Bonchev–Trinajstić information content (AvgIpc) is 2.84. The number of hydrogen-bond acceptors (Lipinski definition) is 3. The first kappa shape index (κ1) is 11.9. The molecule has 1 aliphatic carbocycles. The molecule has 2 rings (SSSR count). The molecule has 2 aliphatic rings. The average molecular weight is 226 g/mol. The zero-order valence-corrected chi connectivity index (χ0v) is 9.98. The molecule has 0 aromatic carbocycles. The van der Waals surface area contributed by atoms with Crippen LogP contribution in [0, 0.1) is 5.92 Å². The van der Waals surface area contributed by atoms with Crippen molar-refractivity contribution in [1.29, 1.82) is 0 Å². The summed E-state index contributed by atoms with van der Waals surface area (Å²) in [7, 11) is 0. The van der Waals surface area contributed by atoms with Crippen molar-refractivity contribution in [3.63, 3.8) is 0 Å². The van der Waals surface area contributed by atoms with E-state index < -0.39 is 11.5 Å². The first-order chi connectivity index (χ1) is 7.55. The molecule has 3 unspecified atom stereocenters. The van der Waals surface area contributed by atoms with Crippen LogP contribution < -0.4 is 5.73 Å². The molecule has 0 radical (unpaired) electrons. The minimum absolute atomic E-state index is 0.531. The molecule has 1 saturated heterocycles. The Morgan fingerprint density at radius 1 is 1.56 bits per heavy atom. The smallest absolute Gasteiger partial charge is 0.325 e. The van der Waals surface area contributed by atoms with Crippen LogP contribution in [0.3, 0.4) is 0 Å². The van der Waals surface area contributed by atoms with Crippen LogP contribution in [0.1, 0.15) is 39.0 Å². The molecule has 4 heteroatoms. The predicted octanol–water partition coefficient (Wildman–Crippen LogP) is 1.05. The van der Waals surface area contributed by atoms with Crippen molar-refractivity contribution >= 4 is 5.97 Å². The lowest BCUT2D eigenvalue weighted by molar-refractivity contribution is -0.142. The van der Waals surface area contributed by atoms with Gasteiger partial charge in [0.1, 0.15) is 5.54 Å². The highest BCUT2D eigenvalue weighted by atomic mass is 16.4. The van der Waals surface area contributed by atoms with E-state index in [0.29, 0.717) is 19.0 Å². The summed E-state index contributed by atoms with van der Waals surface area (Å²) in [6, 6.07) is 0.578. The second kappa shape index (κ2) is 4.34. The van der Waals surface area contributed by atoms with Crippen molar-refractivity contribution in [3.8, 4) is 0 Å². The minimum atomic E-state index is -0.996. The first-order valence-electron chi connectivity index (χ1n) is 6.31. The third-order valence-electron chi connectivity index (χ3n) is 4.36. The monoisotopic (exact) mass is 226 g/mol. The molecule has 16 heavy (non-hydrogen) atoms. The standard InChI is InChI=1S/C12H22N2O2/c1-2-9-3-4-10(7-9)14-6-5-12(13,8-14)11(15)16/h9-10H,2-8,13H2,1H3,(H,15,16). The van der Waals surface area contributed by atoms with E-state index in [9.17, 15) is 4.79 Å². The first-order valence-corrected chi connectivity index (χ1v) is 6.31. The van der Waals surface area contributed by atoms with E-state index in [2.05, 4.69) is 11.8 Å². The summed E-state index contributed by atoms with van der Waals surface area (Å²) in [4.78, 5) is 13.3. The maximum atomic E-state index is 11.1. The highest BCUT2D eigenvalue weighted by Gasteiger charge is 2.44. The van der Waals surface area contributed by atoms with Crippen LogP contribution in [-0.4, -0.2) is 40.6 Å². The van der Waals surface area contributed by atoms with E-state index in [4.69, 9.17) is 10.8 Å². The van der Waals surface area contributed by atoms with Crippen LogP contribution in [0.4, 0.5) is 0 Å². The zero-order chi connectivity index (χ0) is 11.8. The Balaban J connectivity index is 1.92. The maximum Gasteiger partial charge on any atom is 0.325 e. The van der Waals surface area contributed by atoms with Crippen molar-refractivity contribution in [2.75, 3.05) is 13.1 Å². The maximum absolute atomic E-state index is 11.1. The van der Waals surface area contributed by atoms with Crippen LogP contribution >= 0.6 is 0 Å². The molecule has 1 heterocycles. The van der Waals surface area contributed by atoms with Crippen LogP contribution in [0.5, 0.6) is 0 Å². The van der Waals surface area contributed by atoms with Gasteiger partial charge in [-0.1, -0.05) is 13.3 Å². The molecule has 0 aromatic rings. The van der Waals surface area contributed by atoms with Gasteiger partial charge in [0, 0.05) is 19.1 Å². The number of carboxylic acids is 1. The lowest BCUT2D eigenvalue weighted by atomic mass is 10.0. The largest absolute Gasteiger partial charge is 0.480 e. The highest BCUT2D eigenvalue weighted by molar-refractivity contribution is 5.79. The molecule has 3 N–H and O–H groups in total. The molecule has 92 valence electrons. The Morgan fingerprint density at radius 2 is 2.31 bits per heavy atom. The minimum Gasteiger partial charge on any atom is -0.480 e. The Labute approximate surface area is 96.8 Å². The van der Waals surface area contributed by atoms with Gasteiger partial charge in [-0.15, -0.1) is 0 Å². The third kappa shape index (κ3) is 2.09. The number of carbonyl (C=O) groups is 1. The molecule has 0 aromatic heterocycles. The van der Waals surface area contributed by atoms with Crippen molar-refractivity contribution in [2.45, 2.75) is 50.6 Å². The van der Waals surface area contributed by atoms with E-state index in [-0.39, 0.29) is 0 Å². The van der Waals surface area contributed by atoms with Crippen LogP contribution in [0.2, 0.25) is 0 Å². The van der Waals surface area contributed by atoms with Crippen molar-refractivity contribution < 1.29 is 9.90 Å². The lowest BCUT2D eigenvalue weighted by Crippen LogP contribution is -2.51. The molecule has 0 bridgehead atoms. The summed E-state index contributed by atoms with van der Waals surface area (Å²) in [5, 5.41) is 9.08. The van der Waals surface area contributed by atoms with Crippen molar-refractivity contribution in [3.05, 3.63) is 0 Å². The molecular formula is C12H22N2O2. The van der Waals surface area contributed by atoms with E-state index in [0.717, 1.165) is 12.5 Å². The molecular weight excluding hydrogens is 204 g/mol. The van der Waals surface area contributed by atoms with Gasteiger partial charge in [-0.25, -0.2) is 0 Å². The van der Waals surface area contributed by atoms with Gasteiger partial charge in [0.15, 0.2) is 0 Å². The summed E-state index contributed by atoms with van der Waals surface area (Å²) in [6.45, 7) is 3.62. The second-order valence-electron chi connectivity index (χ2n) is 5.42. The summed E-state index contributed by atoms with van der Waals surface area (Å²) in [6.07, 6.45) is 5.58. The number of rotatable bonds is 3. The number of nitrogens with two attached hydrogens (primary N) is 1. The highest BCUT2D eigenvalue weighted by Crippen LogP contribution is 2.34. The van der Waals surface area contributed by atoms with Crippen LogP contribution in [0.25, 0.3) is 0 Å². The van der Waals surface area contributed by atoms with Gasteiger partial charge in [-0.2, -0.15) is 0 Å². The van der Waals surface area contributed by atoms with E-state index in [1.165, 1.54) is 25.7 Å². The fourth-order valence-corrected chi connectivity index (χ4v) is 3.10. The summed E-state index contributed by atoms with van der Waals surface area (Å²) in [5.74, 6) is -0.0114. The third-order valence-corrected chi connectivity index (χ3v) is 4.36. The number of aliphatic carboxylic acids is 1. The summed E-state index contributed by atoms with van der Waals surface area (Å²) in [5.41, 5.74) is 4.89. The fraction of sp³-hybridized carbons (Fsp3) is 0.917. The molecule has 1 saturated carbocycles. The second-order valence-corrected chi connectivity index (χ2v) is 5.42. The number of carboxylic acid groups (broad SMARTS) is 1. The Morgan fingerprint density at radius 3 is 2.81 bits per heavy atom. The molecule has 2 fully saturated rings. The number of nitrogens with zero attached hydrogens (tertiary/aromatic N) is 1. The van der Waals surface area contributed by atoms with Gasteiger partial charge in [0.25, 0.3) is 0 Å². The quantitative estimate of drug-likeness (QED) is 0.755. The summed E-state index contributed by atoms with van der Waals surface area (Å²) < 4.78 is 0. The van der Waals surface area contributed by atoms with E-state index in [1.807, 2.05) is 0 Å². The number of likely N-dealkylation sites (tertiary alicyclic amines) is 1. The van der Waals surface area contributed by atoms with Gasteiger partial charge in [0.05, 0.1) is 0 Å². The molecule has 0 amide bonds. The van der Waals surface area contributed by atoms with Crippen LogP contribution in [0.15, 0.2) is 0 Å². The van der Waals surface area contributed by atoms with Gasteiger partial charge in [-0.05, 0) is 31.6 Å². The van der Waals surface area contributed by atoms with Gasteiger partial charge in [0.2, 0.25) is 0 Å². The van der Waals surface area contributed by atoms with Crippen LogP contribution in [-0.2, 0) is 4.79 Å². The lowest BCUT2D eigenvalue weighted by Gasteiger charge is -2.25. The SMILES string of the molecule is CCC1CCC(N2CCC(N)(C(=O)O)C2)C1. The topological polar surface area (TPSA) is 66.6 Å². The molecule has 1 aliphatic heterocycles. The van der Waals surface area contributed by atoms with Gasteiger partial charge < -0.3 is 10.8 Å². The van der Waals surface area contributed by atoms with Gasteiger partial charge in [-0.3, -0.25) is 9.69 Å². The normalized spacial score (nSPS) is 40.4. The Bertz CT molecular complexity index is 282.